The number of thioether (sulfide) groups is 1. The second-order valence-corrected chi connectivity index (χ2v) is 8.54. The molecule has 5 heteroatoms. The number of benzene rings is 2. The molecular formula is C21H27ClN2OS. The maximum atomic E-state index is 13.4. The van der Waals surface area contributed by atoms with Crippen LogP contribution in [0.25, 0.3) is 0 Å². The Labute approximate surface area is 166 Å². The number of halogens is 1. The number of nitrogens with two attached hydrogens (primary N) is 1. The molecule has 3 nitrogen and oxygen atoms in total. The van der Waals surface area contributed by atoms with Crippen LogP contribution < -0.4 is 5.73 Å². The highest BCUT2D eigenvalue weighted by Crippen LogP contribution is 2.38. The molecular weight excluding hydrogens is 364 g/mol. The number of carbonyl (C=O) groups excluding carboxylic acids is 1. The van der Waals surface area contributed by atoms with Crippen LogP contribution in [-0.2, 0) is 4.79 Å². The Morgan fingerprint density at radius 2 is 1.69 bits per heavy atom. The van der Waals surface area contributed by atoms with Crippen molar-refractivity contribution in [1.29, 1.82) is 0 Å². The Morgan fingerprint density at radius 1 is 1.12 bits per heavy atom. The molecule has 26 heavy (non-hydrogen) atoms. The van der Waals surface area contributed by atoms with Crippen molar-refractivity contribution in [2.75, 3.05) is 13.1 Å². The van der Waals surface area contributed by atoms with Gasteiger partial charge in [0.2, 0.25) is 5.91 Å². The maximum absolute atomic E-state index is 13.4. The van der Waals surface area contributed by atoms with Gasteiger partial charge in [0.05, 0.1) is 0 Å². The van der Waals surface area contributed by atoms with Crippen LogP contribution in [0.3, 0.4) is 0 Å². The summed E-state index contributed by atoms with van der Waals surface area (Å²) in [4.78, 5) is 16.5. The van der Waals surface area contributed by atoms with Crippen LogP contribution in [0, 0.1) is 5.41 Å². The molecule has 0 radical (unpaired) electrons. The van der Waals surface area contributed by atoms with Gasteiger partial charge < -0.3 is 10.6 Å². The minimum atomic E-state index is -0.228. The molecule has 0 aromatic heterocycles. The molecule has 1 aliphatic rings. The maximum Gasteiger partial charge on any atom is 0.240 e. The van der Waals surface area contributed by atoms with Gasteiger partial charge in [-0.2, -0.15) is 0 Å². The number of piperidine rings is 1. The van der Waals surface area contributed by atoms with Crippen LogP contribution in [0.15, 0.2) is 65.6 Å². The van der Waals surface area contributed by atoms with E-state index in [2.05, 4.69) is 26.0 Å². The van der Waals surface area contributed by atoms with Crippen LogP contribution in [-0.4, -0.2) is 29.9 Å². The van der Waals surface area contributed by atoms with Gasteiger partial charge in [-0.1, -0.05) is 62.4 Å². The molecule has 2 aromatic carbocycles. The molecule has 1 aliphatic heterocycles. The van der Waals surface area contributed by atoms with Crippen molar-refractivity contribution in [3.8, 4) is 0 Å². The highest BCUT2D eigenvalue weighted by Gasteiger charge is 2.37. The van der Waals surface area contributed by atoms with E-state index in [4.69, 9.17) is 5.73 Å². The molecule has 1 amide bonds. The van der Waals surface area contributed by atoms with Crippen molar-refractivity contribution in [1.82, 2.24) is 4.90 Å². The van der Waals surface area contributed by atoms with E-state index in [1.807, 2.05) is 53.4 Å². The highest BCUT2D eigenvalue weighted by atomic mass is 35.5. The van der Waals surface area contributed by atoms with Gasteiger partial charge in [0.1, 0.15) is 5.25 Å². The summed E-state index contributed by atoms with van der Waals surface area (Å²) in [5.74, 6) is 0.181. The third-order valence-corrected chi connectivity index (χ3v) is 6.20. The molecule has 2 aromatic rings. The number of nitrogens with zero attached hydrogens (tertiary/aromatic N) is 1. The van der Waals surface area contributed by atoms with E-state index >= 15 is 0 Å². The normalized spacial score (nSPS) is 20.1. The average Bonchev–Trinajstić information content (AvgIpc) is 2.63. The summed E-state index contributed by atoms with van der Waals surface area (Å²) in [5.41, 5.74) is 7.24. The van der Waals surface area contributed by atoms with Gasteiger partial charge in [0.15, 0.2) is 0 Å². The number of likely N-dealkylation sites (tertiary alicyclic amines) is 1. The van der Waals surface area contributed by atoms with Gasteiger partial charge in [-0.3, -0.25) is 4.79 Å². The first-order chi connectivity index (χ1) is 12.0. The van der Waals surface area contributed by atoms with E-state index in [-0.39, 0.29) is 35.0 Å². The van der Waals surface area contributed by atoms with Gasteiger partial charge in [-0.25, -0.2) is 0 Å². The topological polar surface area (TPSA) is 46.3 Å². The standard InChI is InChI=1S/C21H26N2OS.ClH/c1-21(2)15-23(14-13-18(21)22)20(24)19(16-9-5-3-6-10-16)25-17-11-7-4-8-12-17;/h3-12,18-19H,13-15,22H2,1-2H3;1H. The molecule has 1 saturated heterocycles. The summed E-state index contributed by atoms with van der Waals surface area (Å²) >= 11 is 1.62. The lowest BCUT2D eigenvalue weighted by Gasteiger charge is -2.43. The van der Waals surface area contributed by atoms with Crippen LogP contribution in [0.5, 0.6) is 0 Å². The molecule has 1 fully saturated rings. The summed E-state index contributed by atoms with van der Waals surface area (Å²) < 4.78 is 0. The minimum Gasteiger partial charge on any atom is -0.341 e. The highest BCUT2D eigenvalue weighted by molar-refractivity contribution is 8.00. The number of amides is 1. The summed E-state index contributed by atoms with van der Waals surface area (Å²) in [6.07, 6.45) is 0.857. The third-order valence-electron chi connectivity index (χ3n) is 4.95. The first-order valence-electron chi connectivity index (χ1n) is 8.78. The van der Waals surface area contributed by atoms with E-state index in [1.165, 1.54) is 0 Å². The van der Waals surface area contributed by atoms with Gasteiger partial charge in [0, 0.05) is 24.0 Å². The molecule has 0 saturated carbocycles. The van der Waals surface area contributed by atoms with Crippen LogP contribution >= 0.6 is 24.2 Å². The van der Waals surface area contributed by atoms with Gasteiger partial charge >= 0.3 is 0 Å². The SMILES string of the molecule is CC1(C)CN(C(=O)C(Sc2ccccc2)c2ccccc2)CCC1N.Cl. The van der Waals surface area contributed by atoms with Crippen molar-refractivity contribution in [3.05, 3.63) is 66.2 Å². The Balaban J connectivity index is 0.00000243. The zero-order chi connectivity index (χ0) is 17.9. The zero-order valence-corrected chi connectivity index (χ0v) is 16.9. The summed E-state index contributed by atoms with van der Waals surface area (Å²) in [6, 6.07) is 20.4. The quantitative estimate of drug-likeness (QED) is 0.780. The number of carbonyl (C=O) groups is 1. The first-order valence-corrected chi connectivity index (χ1v) is 9.66. The molecule has 0 spiro atoms. The van der Waals surface area contributed by atoms with E-state index in [1.54, 1.807) is 11.8 Å². The second kappa shape index (κ2) is 8.94. The summed E-state index contributed by atoms with van der Waals surface area (Å²) in [5, 5.41) is -0.228. The summed E-state index contributed by atoms with van der Waals surface area (Å²) in [6.45, 7) is 5.76. The van der Waals surface area contributed by atoms with Crippen molar-refractivity contribution in [3.63, 3.8) is 0 Å². The molecule has 0 bridgehead atoms. The van der Waals surface area contributed by atoms with E-state index < -0.39 is 0 Å². The Bertz CT molecular complexity index is 708. The van der Waals surface area contributed by atoms with Crippen molar-refractivity contribution < 1.29 is 4.79 Å². The van der Waals surface area contributed by atoms with Crippen LogP contribution in [0.1, 0.15) is 31.1 Å². The lowest BCUT2D eigenvalue weighted by molar-refractivity contribution is -0.134. The fourth-order valence-corrected chi connectivity index (χ4v) is 4.38. The number of hydrogen-bond donors (Lipinski definition) is 1. The minimum absolute atomic E-state index is 0. The van der Waals surface area contributed by atoms with Crippen LogP contribution in [0.2, 0.25) is 0 Å². The summed E-state index contributed by atoms with van der Waals surface area (Å²) in [7, 11) is 0. The Hall–Kier alpha value is -1.49. The van der Waals surface area contributed by atoms with Crippen molar-refractivity contribution in [2.45, 2.75) is 36.5 Å². The molecule has 2 atom stereocenters. The number of hydrogen-bond acceptors (Lipinski definition) is 3. The molecule has 2 unspecified atom stereocenters. The Morgan fingerprint density at radius 3 is 2.27 bits per heavy atom. The zero-order valence-electron chi connectivity index (χ0n) is 15.3. The predicted octanol–water partition coefficient (Wildman–Crippen LogP) is 4.53. The largest absolute Gasteiger partial charge is 0.341 e. The van der Waals surface area contributed by atoms with Gasteiger partial charge in [0.25, 0.3) is 0 Å². The van der Waals surface area contributed by atoms with E-state index in [0.717, 1.165) is 23.4 Å². The average molecular weight is 391 g/mol. The number of rotatable bonds is 4. The molecule has 3 rings (SSSR count). The monoisotopic (exact) mass is 390 g/mol. The fraction of sp³-hybridized carbons (Fsp3) is 0.381. The molecule has 140 valence electrons. The molecule has 2 N–H and O–H groups in total. The lowest BCUT2D eigenvalue weighted by atomic mass is 9.79. The molecule has 1 heterocycles. The second-order valence-electron chi connectivity index (χ2n) is 7.37. The predicted molar refractivity (Wildman–Crippen MR) is 112 cm³/mol. The van der Waals surface area contributed by atoms with Gasteiger partial charge in [-0.15, -0.1) is 24.2 Å². The van der Waals surface area contributed by atoms with E-state index in [0.29, 0.717) is 6.54 Å². The van der Waals surface area contributed by atoms with E-state index in [9.17, 15) is 4.79 Å². The smallest absolute Gasteiger partial charge is 0.240 e. The lowest BCUT2D eigenvalue weighted by Crippen LogP contribution is -2.54. The molecule has 0 aliphatic carbocycles. The van der Waals surface area contributed by atoms with Crippen molar-refractivity contribution in [2.24, 2.45) is 11.1 Å². The van der Waals surface area contributed by atoms with Gasteiger partial charge in [-0.05, 0) is 29.5 Å². The fourth-order valence-electron chi connectivity index (χ4n) is 3.25. The third kappa shape index (κ3) is 4.81. The first kappa shape index (κ1) is 20.8. The van der Waals surface area contributed by atoms with Crippen molar-refractivity contribution >= 4 is 30.1 Å². The van der Waals surface area contributed by atoms with Crippen LogP contribution in [0.4, 0.5) is 0 Å². The Kier molecular flexibility index (Phi) is 7.16.